The highest BCUT2D eigenvalue weighted by molar-refractivity contribution is 5.92. The van der Waals surface area contributed by atoms with Gasteiger partial charge in [0.1, 0.15) is 11.9 Å². The number of carbonyl (C=O) groups is 1. The van der Waals surface area contributed by atoms with Crippen molar-refractivity contribution < 1.29 is 9.18 Å². The maximum atomic E-state index is 12.9. The second-order valence-electron chi connectivity index (χ2n) is 3.92. The predicted octanol–water partition coefficient (Wildman–Crippen LogP) is 1.04. The first-order valence-corrected chi connectivity index (χ1v) is 5.10. The molecule has 1 amide bonds. The zero-order valence-corrected chi connectivity index (χ0v) is 8.61. The van der Waals surface area contributed by atoms with Crippen molar-refractivity contribution in [3.8, 4) is 0 Å². The average Bonchev–Trinajstić information content (AvgIpc) is 2.75. The maximum absolute atomic E-state index is 12.9. The van der Waals surface area contributed by atoms with Gasteiger partial charge in [0, 0.05) is 19.3 Å². The van der Waals surface area contributed by atoms with Crippen LogP contribution in [0.4, 0.5) is 4.39 Å². The van der Waals surface area contributed by atoms with Crippen LogP contribution in [0.25, 0.3) is 0 Å². The number of carbonyl (C=O) groups excluding carboxylic acids is 1. The summed E-state index contributed by atoms with van der Waals surface area (Å²) < 4.78 is 14.4. The first-order valence-electron chi connectivity index (χ1n) is 5.10. The van der Waals surface area contributed by atoms with Gasteiger partial charge in [0.2, 0.25) is 0 Å². The van der Waals surface area contributed by atoms with Crippen LogP contribution in [0.5, 0.6) is 0 Å². The van der Waals surface area contributed by atoms with E-state index in [1.165, 1.54) is 4.68 Å². The Morgan fingerprint density at radius 3 is 3.00 bits per heavy atom. The molecule has 1 saturated carbocycles. The second kappa shape index (κ2) is 4.00. The molecule has 0 spiro atoms. The lowest BCUT2D eigenvalue weighted by Crippen LogP contribution is -2.34. The molecule has 1 aliphatic rings. The Balaban J connectivity index is 1.96. The summed E-state index contributed by atoms with van der Waals surface area (Å²) in [5.41, 5.74) is 0.511. The van der Waals surface area contributed by atoms with Crippen molar-refractivity contribution in [2.24, 2.45) is 7.05 Å². The topological polar surface area (TPSA) is 46.9 Å². The first-order chi connectivity index (χ1) is 7.16. The summed E-state index contributed by atoms with van der Waals surface area (Å²) in [6, 6.07) is 1.62. The molecular weight excluding hydrogens is 197 g/mol. The molecule has 1 heterocycles. The molecule has 1 fully saturated rings. The minimum absolute atomic E-state index is 0.0256. The normalized spacial score (nSPS) is 25.5. The van der Waals surface area contributed by atoms with Crippen LogP contribution in [0.15, 0.2) is 12.3 Å². The van der Waals surface area contributed by atoms with Gasteiger partial charge in [0.05, 0.1) is 0 Å². The third-order valence-electron chi connectivity index (χ3n) is 2.76. The Morgan fingerprint density at radius 1 is 1.67 bits per heavy atom. The predicted molar refractivity (Wildman–Crippen MR) is 53.2 cm³/mol. The number of alkyl halides is 1. The molecule has 4 nitrogen and oxygen atoms in total. The summed E-state index contributed by atoms with van der Waals surface area (Å²) in [6.07, 6.45) is 2.52. The zero-order valence-electron chi connectivity index (χ0n) is 8.61. The van der Waals surface area contributed by atoms with Gasteiger partial charge in [0.15, 0.2) is 0 Å². The molecule has 1 aliphatic carbocycles. The molecule has 82 valence electrons. The number of aryl methyl sites for hydroxylation is 1. The molecule has 1 aromatic rings. The Labute approximate surface area is 87.5 Å². The van der Waals surface area contributed by atoms with Gasteiger partial charge in [-0.1, -0.05) is 0 Å². The Hall–Kier alpha value is -1.39. The van der Waals surface area contributed by atoms with Gasteiger partial charge < -0.3 is 5.32 Å². The van der Waals surface area contributed by atoms with E-state index in [0.717, 1.165) is 6.42 Å². The molecule has 5 heteroatoms. The van der Waals surface area contributed by atoms with Crippen molar-refractivity contribution in [1.29, 1.82) is 0 Å². The minimum Gasteiger partial charge on any atom is -0.348 e. The lowest BCUT2D eigenvalue weighted by atomic mass is 10.2. The van der Waals surface area contributed by atoms with Crippen LogP contribution >= 0.6 is 0 Å². The van der Waals surface area contributed by atoms with Gasteiger partial charge in [0.25, 0.3) is 5.91 Å². The summed E-state index contributed by atoms with van der Waals surface area (Å²) in [4.78, 5) is 11.7. The van der Waals surface area contributed by atoms with Gasteiger partial charge in [-0.3, -0.25) is 9.48 Å². The number of amides is 1. The lowest BCUT2D eigenvalue weighted by molar-refractivity contribution is 0.0927. The SMILES string of the molecule is Cn1nccc1C(=O)N[C@H]1CC[C@@H](F)C1. The molecule has 0 aromatic carbocycles. The van der Waals surface area contributed by atoms with Crippen LogP contribution in [-0.4, -0.2) is 27.9 Å². The van der Waals surface area contributed by atoms with Crippen LogP contribution in [0.2, 0.25) is 0 Å². The second-order valence-corrected chi connectivity index (χ2v) is 3.92. The summed E-state index contributed by atoms with van der Waals surface area (Å²) in [5, 5.41) is 6.72. The molecular formula is C10H14FN3O. The van der Waals surface area contributed by atoms with Gasteiger partial charge in [-0.05, 0) is 25.3 Å². The van der Waals surface area contributed by atoms with E-state index in [1.807, 2.05) is 0 Å². The third kappa shape index (κ3) is 2.16. The molecule has 0 bridgehead atoms. The summed E-state index contributed by atoms with van der Waals surface area (Å²) >= 11 is 0. The quantitative estimate of drug-likeness (QED) is 0.794. The molecule has 2 atom stereocenters. The zero-order chi connectivity index (χ0) is 10.8. The molecule has 0 unspecified atom stereocenters. The maximum Gasteiger partial charge on any atom is 0.269 e. The van der Waals surface area contributed by atoms with Crippen molar-refractivity contribution in [2.45, 2.75) is 31.5 Å². The van der Waals surface area contributed by atoms with Crippen molar-refractivity contribution in [2.75, 3.05) is 0 Å². The molecule has 1 N–H and O–H groups in total. The van der Waals surface area contributed by atoms with E-state index in [1.54, 1.807) is 19.3 Å². The number of hydrogen-bond donors (Lipinski definition) is 1. The number of rotatable bonds is 2. The number of hydrogen-bond acceptors (Lipinski definition) is 2. The first kappa shape index (κ1) is 10.1. The fourth-order valence-corrected chi connectivity index (χ4v) is 1.91. The minimum atomic E-state index is -0.762. The third-order valence-corrected chi connectivity index (χ3v) is 2.76. The van der Waals surface area contributed by atoms with E-state index < -0.39 is 6.17 Å². The Morgan fingerprint density at radius 2 is 2.47 bits per heavy atom. The van der Waals surface area contributed by atoms with E-state index in [4.69, 9.17) is 0 Å². The molecule has 0 radical (unpaired) electrons. The van der Waals surface area contributed by atoms with Crippen molar-refractivity contribution in [1.82, 2.24) is 15.1 Å². The molecule has 0 saturated heterocycles. The molecule has 1 aromatic heterocycles. The highest BCUT2D eigenvalue weighted by Crippen LogP contribution is 2.21. The van der Waals surface area contributed by atoms with E-state index >= 15 is 0 Å². The van der Waals surface area contributed by atoms with E-state index in [0.29, 0.717) is 18.5 Å². The van der Waals surface area contributed by atoms with Crippen LogP contribution in [0.1, 0.15) is 29.8 Å². The number of aromatic nitrogens is 2. The van der Waals surface area contributed by atoms with Crippen molar-refractivity contribution in [3.05, 3.63) is 18.0 Å². The number of nitrogens with one attached hydrogen (secondary N) is 1. The van der Waals surface area contributed by atoms with Crippen molar-refractivity contribution >= 4 is 5.91 Å². The summed E-state index contributed by atoms with van der Waals surface area (Å²) in [6.45, 7) is 0. The van der Waals surface area contributed by atoms with Gasteiger partial charge in [-0.15, -0.1) is 0 Å². The Kier molecular flexibility index (Phi) is 2.70. The van der Waals surface area contributed by atoms with Crippen LogP contribution in [-0.2, 0) is 7.05 Å². The monoisotopic (exact) mass is 211 g/mol. The average molecular weight is 211 g/mol. The van der Waals surface area contributed by atoms with Gasteiger partial charge in [-0.2, -0.15) is 5.10 Å². The Bertz CT molecular complexity index is 363. The van der Waals surface area contributed by atoms with Crippen LogP contribution in [0.3, 0.4) is 0 Å². The number of halogens is 1. The summed E-state index contributed by atoms with van der Waals surface area (Å²) in [5.74, 6) is -0.172. The molecule has 2 rings (SSSR count). The fraction of sp³-hybridized carbons (Fsp3) is 0.600. The fourth-order valence-electron chi connectivity index (χ4n) is 1.91. The lowest BCUT2D eigenvalue weighted by Gasteiger charge is -2.11. The highest BCUT2D eigenvalue weighted by Gasteiger charge is 2.26. The standard InChI is InChI=1S/C10H14FN3O/c1-14-9(4-5-12-14)10(15)13-8-3-2-7(11)6-8/h4-5,7-8H,2-3,6H2,1H3,(H,13,15)/t7-,8+/m1/s1. The highest BCUT2D eigenvalue weighted by atomic mass is 19.1. The smallest absolute Gasteiger partial charge is 0.269 e. The number of nitrogens with zero attached hydrogens (tertiary/aromatic N) is 2. The van der Waals surface area contributed by atoms with E-state index in [-0.39, 0.29) is 11.9 Å². The van der Waals surface area contributed by atoms with Gasteiger partial charge >= 0.3 is 0 Å². The van der Waals surface area contributed by atoms with E-state index in [9.17, 15) is 9.18 Å². The van der Waals surface area contributed by atoms with Crippen LogP contribution in [0, 0.1) is 0 Å². The largest absolute Gasteiger partial charge is 0.348 e. The molecule has 0 aliphatic heterocycles. The van der Waals surface area contributed by atoms with Gasteiger partial charge in [-0.25, -0.2) is 4.39 Å². The van der Waals surface area contributed by atoms with E-state index in [2.05, 4.69) is 10.4 Å². The molecule has 15 heavy (non-hydrogen) atoms. The van der Waals surface area contributed by atoms with Crippen LogP contribution < -0.4 is 5.32 Å². The van der Waals surface area contributed by atoms with Crippen molar-refractivity contribution in [3.63, 3.8) is 0 Å². The summed E-state index contributed by atoms with van der Waals surface area (Å²) in [7, 11) is 1.71.